The summed E-state index contributed by atoms with van der Waals surface area (Å²) in [5.74, 6) is 0. The van der Waals surface area contributed by atoms with Gasteiger partial charge in [-0.2, -0.15) is 0 Å². The first-order chi connectivity index (χ1) is 6.67. The molecular formula is C13H18O. The van der Waals surface area contributed by atoms with Crippen molar-refractivity contribution >= 4 is 12.2 Å². The Balaban J connectivity index is 0.000000461. The van der Waals surface area contributed by atoms with E-state index in [0.717, 1.165) is 5.42 Å². The third-order valence-electron chi connectivity index (χ3n) is 2.03. The summed E-state index contributed by atoms with van der Waals surface area (Å²) in [7, 11) is 0. The van der Waals surface area contributed by atoms with Gasteiger partial charge in [-0.1, -0.05) is 45.9 Å². The Kier molecular flexibility index (Phi) is 3.34. The fourth-order valence-corrected chi connectivity index (χ4v) is 1.42. The molecule has 1 heteroatoms. The topological polar surface area (TPSA) is 13.1 Å². The van der Waals surface area contributed by atoms with E-state index < -0.39 is 0 Å². The molecule has 0 atom stereocenters. The first kappa shape index (κ1) is 10.8. The van der Waals surface area contributed by atoms with Crippen LogP contribution in [0, 0.1) is 5.41 Å². The molecule has 0 saturated heterocycles. The van der Waals surface area contributed by atoms with Crippen molar-refractivity contribution in [3.63, 3.8) is 0 Å². The van der Waals surface area contributed by atoms with Gasteiger partial charge in [0.1, 0.15) is 5.42 Å². The van der Waals surface area contributed by atoms with Crippen LogP contribution in [0.3, 0.4) is 0 Å². The van der Waals surface area contributed by atoms with E-state index in [9.17, 15) is 0 Å². The van der Waals surface area contributed by atoms with Gasteiger partial charge in [0.15, 0.2) is 0 Å². The molecule has 1 aromatic heterocycles. The molecule has 0 bridgehead atoms. The SMILES string of the molecule is CC.CC1(C)C=CC=c2occc2=C1. The maximum absolute atomic E-state index is 5.29. The molecule has 0 fully saturated rings. The molecule has 0 aromatic carbocycles. The Morgan fingerprint density at radius 1 is 1.21 bits per heavy atom. The van der Waals surface area contributed by atoms with E-state index in [1.54, 1.807) is 6.26 Å². The van der Waals surface area contributed by atoms with Crippen molar-refractivity contribution in [3.05, 3.63) is 35.1 Å². The van der Waals surface area contributed by atoms with Crippen molar-refractivity contribution in [2.24, 2.45) is 5.41 Å². The molecule has 0 spiro atoms. The quantitative estimate of drug-likeness (QED) is 0.612. The lowest BCUT2D eigenvalue weighted by Gasteiger charge is -2.12. The van der Waals surface area contributed by atoms with Crippen LogP contribution in [-0.4, -0.2) is 0 Å². The van der Waals surface area contributed by atoms with Gasteiger partial charge < -0.3 is 4.42 Å². The van der Waals surface area contributed by atoms with Crippen LogP contribution >= 0.6 is 0 Å². The largest absolute Gasteiger partial charge is 0.464 e. The fraction of sp³-hybridized carbons (Fsp3) is 0.385. The molecule has 0 aliphatic heterocycles. The molecule has 2 rings (SSSR count). The van der Waals surface area contributed by atoms with Gasteiger partial charge in [-0.05, 0) is 12.1 Å². The molecule has 1 heterocycles. The van der Waals surface area contributed by atoms with Gasteiger partial charge in [0.2, 0.25) is 0 Å². The van der Waals surface area contributed by atoms with E-state index in [2.05, 4.69) is 26.0 Å². The summed E-state index contributed by atoms with van der Waals surface area (Å²) < 4.78 is 5.29. The van der Waals surface area contributed by atoms with Crippen molar-refractivity contribution in [1.29, 1.82) is 0 Å². The van der Waals surface area contributed by atoms with E-state index in [1.165, 1.54) is 5.22 Å². The minimum absolute atomic E-state index is 0.131. The summed E-state index contributed by atoms with van der Waals surface area (Å²) in [4.78, 5) is 0. The van der Waals surface area contributed by atoms with E-state index in [-0.39, 0.29) is 5.41 Å². The van der Waals surface area contributed by atoms with Gasteiger partial charge in [-0.25, -0.2) is 0 Å². The molecule has 1 aliphatic carbocycles. The van der Waals surface area contributed by atoms with Crippen LogP contribution in [-0.2, 0) is 0 Å². The number of furan rings is 1. The zero-order valence-electron chi connectivity index (χ0n) is 9.37. The first-order valence-corrected chi connectivity index (χ1v) is 5.13. The molecule has 0 radical (unpaired) electrons. The van der Waals surface area contributed by atoms with Gasteiger partial charge in [0.05, 0.1) is 6.26 Å². The highest BCUT2D eigenvalue weighted by atomic mass is 16.3. The number of allylic oxidation sites excluding steroid dienone is 2. The van der Waals surface area contributed by atoms with Crippen molar-refractivity contribution < 1.29 is 4.42 Å². The molecular weight excluding hydrogens is 172 g/mol. The number of fused-ring (bicyclic) bond motifs is 1. The van der Waals surface area contributed by atoms with Gasteiger partial charge in [0, 0.05) is 10.6 Å². The summed E-state index contributed by atoms with van der Waals surface area (Å²) in [5, 5.41) is 1.19. The number of hydrogen-bond donors (Lipinski definition) is 0. The lowest BCUT2D eigenvalue weighted by molar-refractivity contribution is 0.531. The molecule has 1 aliphatic rings. The second-order valence-corrected chi connectivity index (χ2v) is 3.73. The second kappa shape index (κ2) is 4.32. The predicted octanol–water partition coefficient (Wildman–Crippen LogP) is 2.46. The average molecular weight is 190 g/mol. The predicted molar refractivity (Wildman–Crippen MR) is 61.2 cm³/mol. The van der Waals surface area contributed by atoms with Gasteiger partial charge in [0.25, 0.3) is 0 Å². The minimum atomic E-state index is 0.131. The highest BCUT2D eigenvalue weighted by Gasteiger charge is 2.10. The van der Waals surface area contributed by atoms with Crippen LogP contribution in [0.2, 0.25) is 0 Å². The number of hydrogen-bond acceptors (Lipinski definition) is 1. The summed E-state index contributed by atoms with van der Waals surface area (Å²) in [6.07, 6.45) is 10.2. The van der Waals surface area contributed by atoms with Crippen LogP contribution in [0.5, 0.6) is 0 Å². The fourth-order valence-electron chi connectivity index (χ4n) is 1.42. The van der Waals surface area contributed by atoms with Gasteiger partial charge in [-0.3, -0.25) is 0 Å². The lowest BCUT2D eigenvalue weighted by Crippen LogP contribution is -2.20. The summed E-state index contributed by atoms with van der Waals surface area (Å²) in [6.45, 7) is 8.36. The normalized spacial score (nSPS) is 16.6. The zero-order valence-corrected chi connectivity index (χ0v) is 9.37. The second-order valence-electron chi connectivity index (χ2n) is 3.73. The van der Waals surface area contributed by atoms with Crippen LogP contribution in [0.25, 0.3) is 12.2 Å². The molecule has 76 valence electrons. The molecule has 0 N–H and O–H groups in total. The van der Waals surface area contributed by atoms with Crippen molar-refractivity contribution in [2.45, 2.75) is 27.7 Å². The summed E-state index contributed by atoms with van der Waals surface area (Å²) in [6, 6.07) is 2.00. The van der Waals surface area contributed by atoms with Crippen LogP contribution in [0.15, 0.2) is 28.9 Å². The molecule has 1 nitrogen and oxygen atoms in total. The minimum Gasteiger partial charge on any atom is -0.464 e. The Morgan fingerprint density at radius 3 is 2.64 bits per heavy atom. The smallest absolute Gasteiger partial charge is 0.133 e. The zero-order chi connectivity index (χ0) is 10.6. The average Bonchev–Trinajstić information content (AvgIpc) is 2.50. The van der Waals surface area contributed by atoms with Crippen molar-refractivity contribution in [3.8, 4) is 0 Å². The Morgan fingerprint density at radius 2 is 1.93 bits per heavy atom. The third-order valence-corrected chi connectivity index (χ3v) is 2.03. The van der Waals surface area contributed by atoms with E-state index in [4.69, 9.17) is 4.42 Å². The molecule has 14 heavy (non-hydrogen) atoms. The van der Waals surface area contributed by atoms with E-state index in [0.29, 0.717) is 0 Å². The van der Waals surface area contributed by atoms with Crippen LogP contribution < -0.4 is 10.6 Å². The maximum Gasteiger partial charge on any atom is 0.133 e. The Bertz CT molecular complexity index is 418. The van der Waals surface area contributed by atoms with E-state index in [1.807, 2.05) is 32.1 Å². The third kappa shape index (κ3) is 2.38. The molecule has 0 saturated carbocycles. The highest BCUT2D eigenvalue weighted by Crippen LogP contribution is 2.19. The van der Waals surface area contributed by atoms with Gasteiger partial charge >= 0.3 is 0 Å². The molecule has 0 unspecified atom stereocenters. The monoisotopic (exact) mass is 190 g/mol. The van der Waals surface area contributed by atoms with Crippen LogP contribution in [0.1, 0.15) is 27.7 Å². The molecule has 0 amide bonds. The van der Waals surface area contributed by atoms with Crippen molar-refractivity contribution in [1.82, 2.24) is 0 Å². The standard InChI is InChI=1S/C11H12O.C2H6/c1-11(2)6-3-4-10-9(8-11)5-7-12-10;1-2/h3-8H,1-2H3;1-2H3. The molecule has 1 aromatic rings. The van der Waals surface area contributed by atoms with Gasteiger partial charge in [-0.15, -0.1) is 0 Å². The maximum atomic E-state index is 5.29. The Hall–Kier alpha value is -1.24. The van der Waals surface area contributed by atoms with Crippen molar-refractivity contribution in [2.75, 3.05) is 0 Å². The summed E-state index contributed by atoms with van der Waals surface area (Å²) in [5.41, 5.74) is 1.09. The Labute approximate surface area is 85.4 Å². The number of rotatable bonds is 0. The summed E-state index contributed by atoms with van der Waals surface area (Å²) >= 11 is 0. The van der Waals surface area contributed by atoms with E-state index >= 15 is 0 Å². The highest BCUT2D eigenvalue weighted by molar-refractivity contribution is 5.46. The van der Waals surface area contributed by atoms with Crippen LogP contribution in [0.4, 0.5) is 0 Å². The lowest BCUT2D eigenvalue weighted by atomic mass is 9.93. The first-order valence-electron chi connectivity index (χ1n) is 5.13.